The molecular formula is C18H31N3O4. The Morgan fingerprint density at radius 1 is 1.32 bits per heavy atom. The summed E-state index contributed by atoms with van der Waals surface area (Å²) >= 11 is 0. The summed E-state index contributed by atoms with van der Waals surface area (Å²) in [5, 5.41) is 11.6. The van der Waals surface area contributed by atoms with Gasteiger partial charge in [-0.1, -0.05) is 26.0 Å². The van der Waals surface area contributed by atoms with Crippen molar-refractivity contribution in [2.45, 2.75) is 58.4 Å². The van der Waals surface area contributed by atoms with E-state index in [1.807, 2.05) is 13.8 Å². The van der Waals surface area contributed by atoms with Crippen LogP contribution in [0, 0.1) is 11.8 Å². The van der Waals surface area contributed by atoms with E-state index in [1.165, 1.54) is 0 Å². The van der Waals surface area contributed by atoms with Crippen LogP contribution >= 0.6 is 0 Å². The van der Waals surface area contributed by atoms with Gasteiger partial charge >= 0.3 is 0 Å². The highest BCUT2D eigenvalue weighted by atomic mass is 16.5. The van der Waals surface area contributed by atoms with E-state index in [0.29, 0.717) is 13.0 Å². The first-order valence-electron chi connectivity index (χ1n) is 9.00. The van der Waals surface area contributed by atoms with Gasteiger partial charge in [0, 0.05) is 25.9 Å². The topological polar surface area (TPSA) is 98.7 Å². The van der Waals surface area contributed by atoms with Crippen LogP contribution in [-0.2, 0) is 14.4 Å². The van der Waals surface area contributed by atoms with Gasteiger partial charge in [0.15, 0.2) is 0 Å². The minimum atomic E-state index is -0.615. The lowest BCUT2D eigenvalue weighted by molar-refractivity contribution is -0.139. The van der Waals surface area contributed by atoms with Gasteiger partial charge in [0.2, 0.25) is 17.7 Å². The zero-order valence-corrected chi connectivity index (χ0v) is 15.5. The third-order valence-electron chi connectivity index (χ3n) is 4.49. The predicted molar refractivity (Wildman–Crippen MR) is 94.7 cm³/mol. The van der Waals surface area contributed by atoms with Crippen molar-refractivity contribution in [2.75, 3.05) is 13.6 Å². The number of nitrogens with zero attached hydrogens (tertiary/aromatic N) is 1. The fourth-order valence-electron chi connectivity index (χ4n) is 2.89. The molecule has 0 aromatic carbocycles. The number of rotatable bonds is 3. The Bertz CT molecular complexity index is 491. The van der Waals surface area contributed by atoms with E-state index in [0.717, 1.165) is 25.7 Å². The number of amides is 3. The normalized spacial score (nSPS) is 24.0. The summed E-state index contributed by atoms with van der Waals surface area (Å²) < 4.78 is 0. The van der Waals surface area contributed by atoms with Crippen molar-refractivity contribution in [2.24, 2.45) is 11.8 Å². The monoisotopic (exact) mass is 353 g/mol. The molecule has 0 spiro atoms. The van der Waals surface area contributed by atoms with Crippen LogP contribution in [0.25, 0.3) is 0 Å². The lowest BCUT2D eigenvalue weighted by atomic mass is 9.94. The lowest BCUT2D eigenvalue weighted by Crippen LogP contribution is -2.52. The average molecular weight is 353 g/mol. The Labute approximate surface area is 149 Å². The number of nitrogens with one attached hydrogen (secondary N) is 2. The number of likely N-dealkylation sites (N-methyl/N-ethyl adjacent to an activating group) is 1. The summed E-state index contributed by atoms with van der Waals surface area (Å²) in [5.41, 5.74) is 1.58. The van der Waals surface area contributed by atoms with E-state index in [9.17, 15) is 14.4 Å². The van der Waals surface area contributed by atoms with Gasteiger partial charge in [0.1, 0.15) is 6.04 Å². The minimum absolute atomic E-state index is 0.0565. The number of hydroxylamine groups is 1. The molecule has 0 aromatic rings. The van der Waals surface area contributed by atoms with Crippen molar-refractivity contribution < 1.29 is 19.6 Å². The van der Waals surface area contributed by atoms with Crippen LogP contribution in [0.3, 0.4) is 0 Å². The van der Waals surface area contributed by atoms with Gasteiger partial charge < -0.3 is 10.2 Å². The van der Waals surface area contributed by atoms with Crippen molar-refractivity contribution >= 4 is 17.7 Å². The number of hydrogen-bond donors (Lipinski definition) is 3. The van der Waals surface area contributed by atoms with E-state index < -0.39 is 17.9 Å². The fourth-order valence-corrected chi connectivity index (χ4v) is 2.89. The molecule has 2 atom stereocenters. The Hall–Kier alpha value is -1.89. The van der Waals surface area contributed by atoms with Crippen LogP contribution in [0.1, 0.15) is 52.4 Å². The van der Waals surface area contributed by atoms with E-state index in [4.69, 9.17) is 5.21 Å². The van der Waals surface area contributed by atoms with Crippen molar-refractivity contribution in [3.8, 4) is 0 Å². The molecule has 2 unspecified atom stereocenters. The van der Waals surface area contributed by atoms with E-state index in [-0.39, 0.29) is 24.2 Å². The predicted octanol–water partition coefficient (Wildman–Crippen LogP) is 1.62. The maximum absolute atomic E-state index is 12.7. The second kappa shape index (κ2) is 10.9. The SMILES string of the molecule is CC(C)C1NC(=O)C(CC(=O)NO)CCCC=CCCCN(C)C1=O. The van der Waals surface area contributed by atoms with Crippen molar-refractivity contribution in [1.29, 1.82) is 0 Å². The number of carbonyl (C=O) groups excluding carboxylic acids is 3. The molecule has 25 heavy (non-hydrogen) atoms. The molecule has 0 saturated heterocycles. The zero-order chi connectivity index (χ0) is 18.8. The molecule has 1 aliphatic heterocycles. The van der Waals surface area contributed by atoms with Crippen molar-refractivity contribution in [3.63, 3.8) is 0 Å². The summed E-state index contributed by atoms with van der Waals surface area (Å²) in [6.07, 6.45) is 8.01. The molecule has 0 radical (unpaired) electrons. The Balaban J connectivity index is 2.95. The molecule has 0 fully saturated rings. The average Bonchev–Trinajstić information content (AvgIpc) is 2.58. The van der Waals surface area contributed by atoms with Gasteiger partial charge in [-0.2, -0.15) is 0 Å². The second-order valence-corrected chi connectivity index (χ2v) is 6.97. The summed E-state index contributed by atoms with van der Waals surface area (Å²) in [6.45, 7) is 4.41. The van der Waals surface area contributed by atoms with Gasteiger partial charge in [-0.3, -0.25) is 19.6 Å². The first-order valence-corrected chi connectivity index (χ1v) is 9.00. The zero-order valence-electron chi connectivity index (χ0n) is 15.5. The first-order chi connectivity index (χ1) is 11.9. The summed E-state index contributed by atoms with van der Waals surface area (Å²) in [6, 6.07) is -0.615. The highest BCUT2D eigenvalue weighted by Gasteiger charge is 2.30. The van der Waals surface area contributed by atoms with Crippen LogP contribution in [0.15, 0.2) is 12.2 Å². The lowest BCUT2D eigenvalue weighted by Gasteiger charge is -2.28. The van der Waals surface area contributed by atoms with Crippen molar-refractivity contribution in [3.05, 3.63) is 12.2 Å². The fraction of sp³-hybridized carbons (Fsp3) is 0.722. The molecule has 1 rings (SSSR count). The molecule has 3 amide bonds. The molecule has 1 aliphatic rings. The Morgan fingerprint density at radius 3 is 2.56 bits per heavy atom. The third-order valence-corrected chi connectivity index (χ3v) is 4.49. The van der Waals surface area contributed by atoms with Gasteiger partial charge in [0.05, 0.1) is 0 Å². The minimum Gasteiger partial charge on any atom is -0.344 e. The van der Waals surface area contributed by atoms with Crippen molar-refractivity contribution in [1.82, 2.24) is 15.7 Å². The molecule has 0 aliphatic carbocycles. The van der Waals surface area contributed by atoms with Gasteiger partial charge in [-0.15, -0.1) is 0 Å². The number of carbonyl (C=O) groups is 3. The van der Waals surface area contributed by atoms with Gasteiger partial charge in [-0.25, -0.2) is 5.48 Å². The maximum Gasteiger partial charge on any atom is 0.245 e. The standard InChI is InChI=1S/C18H31N3O4/c1-13(2)16-18(24)21(3)11-9-7-5-4-6-8-10-14(17(23)19-16)12-15(22)20-25/h4-5,13-14,16,25H,6-12H2,1-3H3,(H,19,23)(H,20,22). The van der Waals surface area contributed by atoms with Crippen LogP contribution < -0.4 is 10.8 Å². The summed E-state index contributed by atoms with van der Waals surface area (Å²) in [4.78, 5) is 38.5. The first kappa shape index (κ1) is 21.2. The van der Waals surface area contributed by atoms with Crippen LogP contribution in [0.5, 0.6) is 0 Å². The largest absolute Gasteiger partial charge is 0.344 e. The molecule has 0 saturated carbocycles. The molecule has 142 valence electrons. The van der Waals surface area contributed by atoms with E-state index in [2.05, 4.69) is 17.5 Å². The Morgan fingerprint density at radius 2 is 1.96 bits per heavy atom. The highest BCUT2D eigenvalue weighted by molar-refractivity contribution is 5.90. The van der Waals surface area contributed by atoms with Gasteiger partial charge in [0.25, 0.3) is 0 Å². The van der Waals surface area contributed by atoms with Gasteiger partial charge in [-0.05, 0) is 38.0 Å². The second-order valence-electron chi connectivity index (χ2n) is 6.97. The summed E-state index contributed by atoms with van der Waals surface area (Å²) in [5.74, 6) is -1.65. The molecule has 7 heteroatoms. The smallest absolute Gasteiger partial charge is 0.245 e. The van der Waals surface area contributed by atoms with E-state index >= 15 is 0 Å². The third kappa shape index (κ3) is 7.25. The van der Waals surface area contributed by atoms with Crippen LogP contribution in [0.4, 0.5) is 0 Å². The maximum atomic E-state index is 12.7. The molecule has 0 aromatic heterocycles. The molecular weight excluding hydrogens is 322 g/mol. The Kier molecular flexibility index (Phi) is 9.20. The molecule has 7 nitrogen and oxygen atoms in total. The molecule has 3 N–H and O–H groups in total. The molecule has 1 heterocycles. The quantitative estimate of drug-likeness (QED) is 0.408. The van der Waals surface area contributed by atoms with Crippen LogP contribution in [0.2, 0.25) is 0 Å². The van der Waals surface area contributed by atoms with E-state index in [1.54, 1.807) is 17.4 Å². The highest BCUT2D eigenvalue weighted by Crippen LogP contribution is 2.16. The summed E-state index contributed by atoms with van der Waals surface area (Å²) in [7, 11) is 1.75. The number of allylic oxidation sites excluding steroid dienone is 2. The number of hydrogen-bond acceptors (Lipinski definition) is 4. The molecule has 0 bridgehead atoms. The van der Waals surface area contributed by atoms with Crippen LogP contribution in [-0.4, -0.2) is 47.5 Å².